The Hall–Kier alpha value is -1.59. The molecule has 6 nitrogen and oxygen atoms in total. The average molecular weight is 251 g/mol. The Morgan fingerprint density at radius 3 is 3.11 bits per heavy atom. The molecular weight excluding hydrogens is 230 g/mol. The molecule has 1 atom stereocenters. The van der Waals surface area contributed by atoms with Crippen LogP contribution in [0.1, 0.15) is 32.6 Å². The Bertz CT molecular complexity index is 365. The molecule has 1 aliphatic rings. The molecule has 100 valence electrons. The largest absolute Gasteiger partial charge is 0.338 e. The van der Waals surface area contributed by atoms with Crippen LogP contribution in [0.3, 0.4) is 0 Å². The fourth-order valence-corrected chi connectivity index (χ4v) is 2.29. The molecule has 1 saturated heterocycles. The number of hydrogen-bond donors (Lipinski definition) is 1. The van der Waals surface area contributed by atoms with Crippen molar-refractivity contribution in [2.24, 2.45) is 0 Å². The SMILES string of the molecule is CC1CCCCN1C(=O)NCCCn1cncn1. The zero-order valence-corrected chi connectivity index (χ0v) is 10.9. The van der Waals surface area contributed by atoms with Gasteiger partial charge < -0.3 is 10.2 Å². The van der Waals surface area contributed by atoms with E-state index >= 15 is 0 Å². The first-order valence-electron chi connectivity index (χ1n) is 6.64. The first-order chi connectivity index (χ1) is 8.77. The number of aromatic nitrogens is 3. The van der Waals surface area contributed by atoms with Crippen molar-refractivity contribution in [1.29, 1.82) is 0 Å². The lowest BCUT2D eigenvalue weighted by atomic mass is 10.0. The second kappa shape index (κ2) is 6.37. The molecule has 1 unspecified atom stereocenters. The Morgan fingerprint density at radius 1 is 1.50 bits per heavy atom. The molecular formula is C12H21N5O. The fraction of sp³-hybridized carbons (Fsp3) is 0.750. The number of carbonyl (C=O) groups is 1. The summed E-state index contributed by atoms with van der Waals surface area (Å²) in [5, 5.41) is 6.99. The minimum Gasteiger partial charge on any atom is -0.338 e. The summed E-state index contributed by atoms with van der Waals surface area (Å²) < 4.78 is 1.77. The number of nitrogens with one attached hydrogen (secondary N) is 1. The van der Waals surface area contributed by atoms with Gasteiger partial charge in [-0.3, -0.25) is 4.68 Å². The number of carbonyl (C=O) groups excluding carboxylic acids is 1. The maximum absolute atomic E-state index is 11.9. The highest BCUT2D eigenvalue weighted by Gasteiger charge is 2.22. The molecule has 18 heavy (non-hydrogen) atoms. The number of piperidine rings is 1. The Balaban J connectivity index is 1.65. The highest BCUT2D eigenvalue weighted by Crippen LogP contribution is 2.15. The number of aryl methyl sites for hydroxylation is 1. The van der Waals surface area contributed by atoms with Crippen molar-refractivity contribution in [3.63, 3.8) is 0 Å². The van der Waals surface area contributed by atoms with Crippen molar-refractivity contribution in [2.45, 2.75) is 45.2 Å². The molecule has 1 aromatic heterocycles. The molecule has 2 amide bonds. The van der Waals surface area contributed by atoms with E-state index in [1.165, 1.54) is 12.7 Å². The lowest BCUT2D eigenvalue weighted by Gasteiger charge is -2.33. The summed E-state index contributed by atoms with van der Waals surface area (Å²) >= 11 is 0. The summed E-state index contributed by atoms with van der Waals surface area (Å²) in [5.74, 6) is 0. The predicted molar refractivity (Wildman–Crippen MR) is 68.1 cm³/mol. The molecule has 0 saturated carbocycles. The van der Waals surface area contributed by atoms with Crippen molar-refractivity contribution in [3.8, 4) is 0 Å². The third kappa shape index (κ3) is 3.45. The zero-order chi connectivity index (χ0) is 12.8. The van der Waals surface area contributed by atoms with Gasteiger partial charge in [0.05, 0.1) is 0 Å². The Morgan fingerprint density at radius 2 is 2.39 bits per heavy atom. The van der Waals surface area contributed by atoms with E-state index in [9.17, 15) is 4.79 Å². The Kier molecular flexibility index (Phi) is 4.55. The van der Waals surface area contributed by atoms with Crippen molar-refractivity contribution in [1.82, 2.24) is 25.0 Å². The van der Waals surface area contributed by atoms with Gasteiger partial charge in [-0.15, -0.1) is 0 Å². The number of hydrogen-bond acceptors (Lipinski definition) is 3. The number of urea groups is 1. The van der Waals surface area contributed by atoms with Crippen LogP contribution in [0.25, 0.3) is 0 Å². The Labute approximate surface area is 107 Å². The topological polar surface area (TPSA) is 63.1 Å². The smallest absolute Gasteiger partial charge is 0.317 e. The number of likely N-dealkylation sites (tertiary alicyclic amines) is 1. The summed E-state index contributed by atoms with van der Waals surface area (Å²) in [7, 11) is 0. The first kappa shape index (κ1) is 12.9. The molecule has 0 aromatic carbocycles. The minimum atomic E-state index is 0.0702. The fourth-order valence-electron chi connectivity index (χ4n) is 2.29. The van der Waals surface area contributed by atoms with E-state index < -0.39 is 0 Å². The van der Waals surface area contributed by atoms with E-state index in [2.05, 4.69) is 22.3 Å². The molecule has 1 N–H and O–H groups in total. The van der Waals surface area contributed by atoms with Crippen LogP contribution < -0.4 is 5.32 Å². The van der Waals surface area contributed by atoms with Gasteiger partial charge in [-0.1, -0.05) is 0 Å². The summed E-state index contributed by atoms with van der Waals surface area (Å²) in [6.45, 7) is 4.47. The van der Waals surface area contributed by atoms with E-state index in [-0.39, 0.29) is 6.03 Å². The van der Waals surface area contributed by atoms with Crippen LogP contribution in [0.2, 0.25) is 0 Å². The van der Waals surface area contributed by atoms with Crippen LogP contribution in [0, 0.1) is 0 Å². The third-order valence-electron chi connectivity index (χ3n) is 3.37. The second-order valence-corrected chi connectivity index (χ2v) is 4.78. The van der Waals surface area contributed by atoms with Gasteiger partial charge in [-0.05, 0) is 32.6 Å². The molecule has 2 rings (SSSR count). The van der Waals surface area contributed by atoms with E-state index in [4.69, 9.17) is 0 Å². The van der Waals surface area contributed by atoms with Crippen molar-refractivity contribution in [3.05, 3.63) is 12.7 Å². The highest BCUT2D eigenvalue weighted by atomic mass is 16.2. The summed E-state index contributed by atoms with van der Waals surface area (Å²) in [6, 6.07) is 0.440. The molecule has 0 spiro atoms. The van der Waals surface area contributed by atoms with E-state index in [0.29, 0.717) is 12.6 Å². The lowest BCUT2D eigenvalue weighted by Crippen LogP contribution is -2.47. The van der Waals surface area contributed by atoms with Gasteiger partial charge in [0.1, 0.15) is 12.7 Å². The average Bonchev–Trinajstić information content (AvgIpc) is 2.88. The summed E-state index contributed by atoms with van der Waals surface area (Å²) in [5.41, 5.74) is 0. The van der Waals surface area contributed by atoms with Gasteiger partial charge in [-0.25, -0.2) is 9.78 Å². The molecule has 0 bridgehead atoms. The molecule has 6 heteroatoms. The van der Waals surface area contributed by atoms with E-state index in [1.807, 2.05) is 4.90 Å². The van der Waals surface area contributed by atoms with Crippen molar-refractivity contribution >= 4 is 6.03 Å². The van der Waals surface area contributed by atoms with Crippen LogP contribution in [0.4, 0.5) is 4.79 Å². The molecule has 2 heterocycles. The maximum Gasteiger partial charge on any atom is 0.317 e. The third-order valence-corrected chi connectivity index (χ3v) is 3.37. The quantitative estimate of drug-likeness (QED) is 0.819. The van der Waals surface area contributed by atoms with Gasteiger partial charge in [0.2, 0.25) is 0 Å². The molecule has 1 aromatic rings. The summed E-state index contributed by atoms with van der Waals surface area (Å²) in [4.78, 5) is 17.8. The van der Waals surface area contributed by atoms with Crippen molar-refractivity contribution < 1.29 is 4.79 Å². The van der Waals surface area contributed by atoms with Gasteiger partial charge in [0, 0.05) is 25.7 Å². The number of nitrogens with zero attached hydrogens (tertiary/aromatic N) is 4. The first-order valence-corrected chi connectivity index (χ1v) is 6.64. The summed E-state index contributed by atoms with van der Waals surface area (Å²) in [6.07, 6.45) is 7.56. The van der Waals surface area contributed by atoms with Crippen LogP contribution in [-0.2, 0) is 6.54 Å². The van der Waals surface area contributed by atoms with E-state index in [0.717, 1.165) is 32.4 Å². The lowest BCUT2D eigenvalue weighted by molar-refractivity contribution is 0.158. The molecule has 0 aliphatic carbocycles. The normalized spacial score (nSPS) is 19.8. The maximum atomic E-state index is 11.9. The van der Waals surface area contributed by atoms with Crippen molar-refractivity contribution in [2.75, 3.05) is 13.1 Å². The monoisotopic (exact) mass is 251 g/mol. The van der Waals surface area contributed by atoms with Gasteiger partial charge in [0.25, 0.3) is 0 Å². The minimum absolute atomic E-state index is 0.0702. The molecule has 0 radical (unpaired) electrons. The van der Waals surface area contributed by atoms with E-state index in [1.54, 1.807) is 11.0 Å². The zero-order valence-electron chi connectivity index (χ0n) is 10.9. The van der Waals surface area contributed by atoms with Crippen LogP contribution in [-0.4, -0.2) is 44.8 Å². The van der Waals surface area contributed by atoms with Crippen LogP contribution in [0.5, 0.6) is 0 Å². The van der Waals surface area contributed by atoms with Gasteiger partial charge in [-0.2, -0.15) is 5.10 Å². The van der Waals surface area contributed by atoms with Gasteiger partial charge in [0.15, 0.2) is 0 Å². The molecule has 1 aliphatic heterocycles. The van der Waals surface area contributed by atoms with Gasteiger partial charge >= 0.3 is 6.03 Å². The predicted octanol–water partition coefficient (Wildman–Crippen LogP) is 1.25. The highest BCUT2D eigenvalue weighted by molar-refractivity contribution is 5.74. The molecule has 1 fully saturated rings. The van der Waals surface area contributed by atoms with Crippen LogP contribution in [0.15, 0.2) is 12.7 Å². The standard InChI is InChI=1S/C12H21N5O/c1-11-5-2-3-8-17(11)12(18)14-6-4-7-16-10-13-9-15-16/h9-11H,2-8H2,1H3,(H,14,18). The number of rotatable bonds is 4. The van der Waals surface area contributed by atoms with Crippen LogP contribution >= 0.6 is 0 Å². The second-order valence-electron chi connectivity index (χ2n) is 4.78. The number of amides is 2.